The summed E-state index contributed by atoms with van der Waals surface area (Å²) in [5, 5.41) is 3.29. The maximum Gasteiger partial charge on any atom is 0.422 e. The molecule has 0 saturated carbocycles. The summed E-state index contributed by atoms with van der Waals surface area (Å²) in [5.41, 5.74) is 2.23. The van der Waals surface area contributed by atoms with E-state index in [0.29, 0.717) is 16.7 Å². The predicted octanol–water partition coefficient (Wildman–Crippen LogP) is 3.37. The molecule has 33 heavy (non-hydrogen) atoms. The van der Waals surface area contributed by atoms with E-state index in [1.165, 1.54) is 23.2 Å². The number of pyridine rings is 1. The highest BCUT2D eigenvalue weighted by molar-refractivity contribution is 5.75. The van der Waals surface area contributed by atoms with Crippen LogP contribution < -0.4 is 15.6 Å². The monoisotopic (exact) mass is 464 g/mol. The number of piperidine rings is 1. The summed E-state index contributed by atoms with van der Waals surface area (Å²) in [5.74, 6) is -0.207. The van der Waals surface area contributed by atoms with Crippen LogP contribution in [0.5, 0.6) is 5.88 Å². The molecule has 1 saturated heterocycles. The molecular weight excluding hydrogens is 437 g/mol. The van der Waals surface area contributed by atoms with Gasteiger partial charge in [0.25, 0.3) is 5.56 Å². The first-order valence-corrected chi connectivity index (χ1v) is 10.9. The molecule has 4 rings (SSSR count). The Hall–Kier alpha value is -3.08. The highest BCUT2D eigenvalue weighted by Gasteiger charge is 2.30. The number of alkyl halides is 3. The maximum atomic E-state index is 13.5. The molecule has 8 nitrogen and oxygen atoms in total. The molecule has 0 unspecified atom stereocenters. The van der Waals surface area contributed by atoms with Crippen LogP contribution in [0.1, 0.15) is 49.4 Å². The molecule has 1 N–H and O–H groups in total. The lowest BCUT2D eigenvalue weighted by molar-refractivity contribution is -0.154. The van der Waals surface area contributed by atoms with E-state index in [4.69, 9.17) is 4.74 Å². The van der Waals surface area contributed by atoms with Crippen molar-refractivity contribution >= 4 is 11.2 Å². The minimum atomic E-state index is -4.52. The van der Waals surface area contributed by atoms with E-state index in [1.54, 1.807) is 6.20 Å². The average Bonchev–Trinajstić information content (AvgIpc) is 2.83. The summed E-state index contributed by atoms with van der Waals surface area (Å²) in [6.45, 7) is 5.85. The summed E-state index contributed by atoms with van der Waals surface area (Å²) in [6.07, 6.45) is 2.72. The summed E-state index contributed by atoms with van der Waals surface area (Å²) >= 11 is 0. The third kappa shape index (κ3) is 5.65. The molecule has 4 heterocycles. The number of nitrogens with zero attached hydrogens (tertiary/aromatic N) is 5. The fourth-order valence-corrected chi connectivity index (χ4v) is 3.94. The fraction of sp³-hybridized carbons (Fsp3) is 0.500. The minimum absolute atomic E-state index is 0.0641. The van der Waals surface area contributed by atoms with Crippen LogP contribution in [0.2, 0.25) is 0 Å². The van der Waals surface area contributed by atoms with Crippen molar-refractivity contribution in [3.8, 4) is 5.88 Å². The lowest BCUT2D eigenvalue weighted by Gasteiger charge is -2.25. The molecule has 178 valence electrons. The van der Waals surface area contributed by atoms with Crippen LogP contribution in [-0.2, 0) is 6.54 Å². The molecule has 3 aromatic heterocycles. The van der Waals surface area contributed by atoms with Crippen molar-refractivity contribution in [2.24, 2.45) is 0 Å². The smallest absolute Gasteiger partial charge is 0.422 e. The Bertz CT molecular complexity index is 1140. The molecule has 0 radical (unpaired) electrons. The van der Waals surface area contributed by atoms with Gasteiger partial charge in [-0.2, -0.15) is 13.2 Å². The van der Waals surface area contributed by atoms with Crippen LogP contribution in [0.25, 0.3) is 11.2 Å². The topological polar surface area (TPSA) is 94.8 Å². The van der Waals surface area contributed by atoms with Crippen LogP contribution in [0.3, 0.4) is 0 Å². The molecule has 0 bridgehead atoms. The second kappa shape index (κ2) is 10.7. The standard InChI is InChI=1S/C20H21F3N6O2.C2H6/c1-12-15(13-2-4-24-5-3-13)19(30)29(17-16(12)26-7-8-27-17)10-14-18(28-9-6-25-14)31-11-20(21,22)23;1-2/h6-9,13,24H,2-5,10-11H2,1H3;1-2H3. The molecule has 0 spiro atoms. The molecule has 11 heteroatoms. The second-order valence-electron chi connectivity index (χ2n) is 7.39. The van der Waals surface area contributed by atoms with Gasteiger partial charge in [0.05, 0.1) is 6.54 Å². The van der Waals surface area contributed by atoms with Crippen molar-refractivity contribution in [2.45, 2.75) is 52.3 Å². The molecular formula is C22H27F3N6O2. The summed E-state index contributed by atoms with van der Waals surface area (Å²) in [4.78, 5) is 30.3. The molecule has 0 aliphatic carbocycles. The van der Waals surface area contributed by atoms with E-state index in [-0.39, 0.29) is 29.6 Å². The van der Waals surface area contributed by atoms with Crippen LogP contribution in [0, 0.1) is 6.92 Å². The van der Waals surface area contributed by atoms with Crippen LogP contribution >= 0.6 is 0 Å². The lowest BCUT2D eigenvalue weighted by atomic mass is 9.88. The third-order valence-corrected chi connectivity index (χ3v) is 5.33. The SMILES string of the molecule is CC.Cc1c(C2CCNCC2)c(=O)n(Cc2nccnc2OCC(F)(F)F)c2nccnc12. The first kappa shape index (κ1) is 24.6. The number of halogens is 3. The van der Waals surface area contributed by atoms with Crippen LogP contribution in [0.4, 0.5) is 13.2 Å². The van der Waals surface area contributed by atoms with Gasteiger partial charge in [-0.05, 0) is 44.3 Å². The Labute approximate surface area is 189 Å². The molecule has 3 aromatic rings. The normalized spacial score (nSPS) is 14.6. The van der Waals surface area contributed by atoms with Crippen LogP contribution in [-0.4, -0.2) is 50.4 Å². The Balaban J connectivity index is 0.00000149. The van der Waals surface area contributed by atoms with Crippen molar-refractivity contribution in [3.05, 3.63) is 52.0 Å². The molecule has 1 aliphatic rings. The second-order valence-corrected chi connectivity index (χ2v) is 7.39. The van der Waals surface area contributed by atoms with Crippen molar-refractivity contribution < 1.29 is 17.9 Å². The highest BCUT2D eigenvalue weighted by Crippen LogP contribution is 2.28. The number of aromatic nitrogens is 5. The van der Waals surface area contributed by atoms with Crippen molar-refractivity contribution in [2.75, 3.05) is 19.7 Å². The van der Waals surface area contributed by atoms with E-state index in [2.05, 4.69) is 25.3 Å². The number of hydrogen-bond acceptors (Lipinski definition) is 7. The Morgan fingerprint density at radius 3 is 2.39 bits per heavy atom. The quantitative estimate of drug-likeness (QED) is 0.619. The summed E-state index contributed by atoms with van der Waals surface area (Å²) < 4.78 is 44.1. The highest BCUT2D eigenvalue weighted by atomic mass is 19.4. The average molecular weight is 464 g/mol. The summed E-state index contributed by atoms with van der Waals surface area (Å²) in [7, 11) is 0. The van der Waals surface area contributed by atoms with Gasteiger partial charge in [0.1, 0.15) is 11.2 Å². The molecule has 0 aromatic carbocycles. The zero-order valence-electron chi connectivity index (χ0n) is 18.8. The number of nitrogens with one attached hydrogen (secondary N) is 1. The van der Waals surface area contributed by atoms with Crippen molar-refractivity contribution in [3.63, 3.8) is 0 Å². The van der Waals surface area contributed by atoms with Gasteiger partial charge in [0.2, 0.25) is 5.88 Å². The predicted molar refractivity (Wildman–Crippen MR) is 117 cm³/mol. The van der Waals surface area contributed by atoms with E-state index in [9.17, 15) is 18.0 Å². The number of aryl methyl sites for hydroxylation is 1. The van der Waals surface area contributed by atoms with E-state index >= 15 is 0 Å². The first-order chi connectivity index (χ1) is 15.8. The lowest BCUT2D eigenvalue weighted by Crippen LogP contribution is -2.34. The number of hydrogen-bond donors (Lipinski definition) is 1. The van der Waals surface area contributed by atoms with Gasteiger partial charge in [-0.1, -0.05) is 13.8 Å². The van der Waals surface area contributed by atoms with E-state index in [0.717, 1.165) is 31.5 Å². The number of fused-ring (bicyclic) bond motifs is 1. The Morgan fingerprint density at radius 2 is 1.70 bits per heavy atom. The van der Waals surface area contributed by atoms with Gasteiger partial charge in [0.15, 0.2) is 12.3 Å². The summed E-state index contributed by atoms with van der Waals surface area (Å²) in [6, 6.07) is 0. The van der Waals surface area contributed by atoms with Gasteiger partial charge in [-0.15, -0.1) is 0 Å². The molecule has 0 atom stereocenters. The van der Waals surface area contributed by atoms with Gasteiger partial charge < -0.3 is 10.1 Å². The fourth-order valence-electron chi connectivity index (χ4n) is 3.94. The first-order valence-electron chi connectivity index (χ1n) is 10.9. The Kier molecular flexibility index (Phi) is 7.96. The van der Waals surface area contributed by atoms with E-state index < -0.39 is 12.8 Å². The van der Waals surface area contributed by atoms with Gasteiger partial charge in [-0.3, -0.25) is 19.3 Å². The molecule has 1 fully saturated rings. The van der Waals surface area contributed by atoms with Crippen LogP contribution in [0.15, 0.2) is 29.6 Å². The largest absolute Gasteiger partial charge is 0.467 e. The maximum absolute atomic E-state index is 13.5. The van der Waals surface area contributed by atoms with Crippen molar-refractivity contribution in [1.29, 1.82) is 0 Å². The molecule has 0 amide bonds. The van der Waals surface area contributed by atoms with Gasteiger partial charge in [-0.25, -0.2) is 9.97 Å². The molecule has 1 aliphatic heterocycles. The van der Waals surface area contributed by atoms with Gasteiger partial charge in [0, 0.05) is 30.4 Å². The zero-order valence-corrected chi connectivity index (χ0v) is 18.8. The van der Waals surface area contributed by atoms with Crippen molar-refractivity contribution in [1.82, 2.24) is 29.8 Å². The Morgan fingerprint density at radius 1 is 1.06 bits per heavy atom. The third-order valence-electron chi connectivity index (χ3n) is 5.33. The number of ether oxygens (including phenoxy) is 1. The minimum Gasteiger partial charge on any atom is -0.467 e. The van der Waals surface area contributed by atoms with Gasteiger partial charge >= 0.3 is 6.18 Å². The zero-order chi connectivity index (χ0) is 24.0. The van der Waals surface area contributed by atoms with E-state index in [1.807, 2.05) is 20.8 Å². The number of rotatable bonds is 5.